The van der Waals surface area contributed by atoms with E-state index in [4.69, 9.17) is 9.47 Å². The fourth-order valence-corrected chi connectivity index (χ4v) is 6.82. The van der Waals surface area contributed by atoms with Crippen molar-refractivity contribution in [2.24, 2.45) is 0 Å². The number of nitrogens with zero attached hydrogens (tertiary/aromatic N) is 2. The number of hydrogen-bond donors (Lipinski definition) is 1. The fourth-order valence-electron chi connectivity index (χ4n) is 5.38. The molecule has 0 radical (unpaired) electrons. The normalized spacial score (nSPS) is 14.4. The first-order valence-corrected chi connectivity index (χ1v) is 16.0. The Hall–Kier alpha value is -4.05. The summed E-state index contributed by atoms with van der Waals surface area (Å²) in [4.78, 5) is 29.2. The molecule has 3 aromatic rings. The summed E-state index contributed by atoms with van der Waals surface area (Å²) < 4.78 is 40.2. The molecule has 4 rings (SSSR count). The van der Waals surface area contributed by atoms with Gasteiger partial charge in [0.1, 0.15) is 24.1 Å². The van der Waals surface area contributed by atoms with E-state index in [2.05, 4.69) is 5.32 Å². The standard InChI is InChI=1S/C33H41N3O6S/c1-24-12-11-13-26(20-24)22-35(25(2)33(38)34-27-14-7-5-8-15-27)32(37)23-36(43(39,40)29-16-9-6-10-17-29)30-21-28(41-3)18-19-31(30)42-4/h6,9-13,16-21,25,27H,5,7-8,14-15,22-23H2,1-4H3,(H,34,38)/t25-/m0/s1. The molecule has 0 spiro atoms. The number of methoxy groups -OCH3 is 2. The number of aryl methyl sites for hydroxylation is 1. The average molecular weight is 608 g/mol. The molecule has 0 aliphatic heterocycles. The van der Waals surface area contributed by atoms with E-state index in [1.165, 1.54) is 37.3 Å². The first-order chi connectivity index (χ1) is 20.6. The molecular formula is C33H41N3O6S. The van der Waals surface area contributed by atoms with Crippen LogP contribution < -0.4 is 19.1 Å². The van der Waals surface area contributed by atoms with E-state index in [9.17, 15) is 18.0 Å². The molecule has 0 bridgehead atoms. The van der Waals surface area contributed by atoms with Gasteiger partial charge in [0.25, 0.3) is 10.0 Å². The molecule has 0 saturated heterocycles. The SMILES string of the molecule is COc1ccc(OC)c(N(CC(=O)N(Cc2cccc(C)c2)[C@@H](C)C(=O)NC2CCCCC2)S(=O)(=O)c2ccccc2)c1. The molecule has 1 aliphatic rings. The van der Waals surface area contributed by atoms with Crippen molar-refractivity contribution in [2.75, 3.05) is 25.1 Å². The van der Waals surface area contributed by atoms with Crippen molar-refractivity contribution in [3.63, 3.8) is 0 Å². The number of amides is 2. The smallest absolute Gasteiger partial charge is 0.264 e. The second-order valence-electron chi connectivity index (χ2n) is 10.9. The number of sulfonamides is 1. The molecule has 9 nitrogen and oxygen atoms in total. The van der Waals surface area contributed by atoms with Crippen LogP contribution in [0.1, 0.15) is 50.2 Å². The zero-order valence-corrected chi connectivity index (χ0v) is 26.1. The van der Waals surface area contributed by atoms with Crippen LogP contribution in [0.4, 0.5) is 5.69 Å². The van der Waals surface area contributed by atoms with Crippen LogP contribution in [0.5, 0.6) is 11.5 Å². The Kier molecular flexibility index (Phi) is 10.7. The second-order valence-corrected chi connectivity index (χ2v) is 12.8. The van der Waals surface area contributed by atoms with Gasteiger partial charge in [-0.05, 0) is 56.5 Å². The fraction of sp³-hybridized carbons (Fsp3) is 0.394. The number of benzene rings is 3. The summed E-state index contributed by atoms with van der Waals surface area (Å²) in [6.45, 7) is 3.22. The Balaban J connectivity index is 1.73. The molecule has 1 atom stereocenters. The van der Waals surface area contributed by atoms with E-state index in [0.717, 1.165) is 47.5 Å². The van der Waals surface area contributed by atoms with E-state index >= 15 is 0 Å². The van der Waals surface area contributed by atoms with Crippen molar-refractivity contribution in [1.29, 1.82) is 0 Å². The summed E-state index contributed by atoms with van der Waals surface area (Å²) >= 11 is 0. The lowest BCUT2D eigenvalue weighted by Crippen LogP contribution is -2.53. The molecule has 0 unspecified atom stereocenters. The molecular weight excluding hydrogens is 566 g/mol. The monoisotopic (exact) mass is 607 g/mol. The van der Waals surface area contributed by atoms with Crippen LogP contribution >= 0.6 is 0 Å². The largest absolute Gasteiger partial charge is 0.497 e. The molecule has 1 fully saturated rings. The summed E-state index contributed by atoms with van der Waals surface area (Å²) in [5.41, 5.74) is 1.99. The van der Waals surface area contributed by atoms with Crippen molar-refractivity contribution < 1.29 is 27.5 Å². The summed E-state index contributed by atoms with van der Waals surface area (Å²) in [7, 11) is -1.33. The lowest BCUT2D eigenvalue weighted by molar-refractivity contribution is -0.139. The number of rotatable bonds is 12. The van der Waals surface area contributed by atoms with E-state index in [0.29, 0.717) is 5.75 Å². The van der Waals surface area contributed by atoms with Gasteiger partial charge in [-0.2, -0.15) is 0 Å². The van der Waals surface area contributed by atoms with E-state index in [1.54, 1.807) is 37.3 Å². The minimum Gasteiger partial charge on any atom is -0.497 e. The maximum absolute atomic E-state index is 14.3. The number of hydrogen-bond acceptors (Lipinski definition) is 6. The molecule has 2 amide bonds. The van der Waals surface area contributed by atoms with Gasteiger partial charge < -0.3 is 19.7 Å². The summed E-state index contributed by atoms with van der Waals surface area (Å²) in [5, 5.41) is 3.12. The van der Waals surface area contributed by atoms with Gasteiger partial charge in [-0.1, -0.05) is 67.3 Å². The first-order valence-electron chi connectivity index (χ1n) is 14.6. The predicted molar refractivity (Wildman–Crippen MR) is 167 cm³/mol. The molecule has 230 valence electrons. The maximum atomic E-state index is 14.3. The van der Waals surface area contributed by atoms with Crippen LogP contribution in [0.2, 0.25) is 0 Å². The zero-order chi connectivity index (χ0) is 31.0. The van der Waals surface area contributed by atoms with Crippen LogP contribution in [0.3, 0.4) is 0 Å². The summed E-state index contributed by atoms with van der Waals surface area (Å²) in [6.07, 6.45) is 5.07. The lowest BCUT2D eigenvalue weighted by atomic mass is 9.95. The number of anilines is 1. The Labute approximate surface area is 254 Å². The highest BCUT2D eigenvalue weighted by Gasteiger charge is 2.34. The molecule has 0 heterocycles. The van der Waals surface area contributed by atoms with Crippen molar-refractivity contribution >= 4 is 27.5 Å². The summed E-state index contributed by atoms with van der Waals surface area (Å²) in [6, 6.07) is 19.6. The number of ether oxygens (including phenoxy) is 2. The number of carbonyl (C=O) groups excluding carboxylic acids is 2. The predicted octanol–water partition coefficient (Wildman–Crippen LogP) is 5.07. The Morgan fingerprint density at radius 2 is 1.65 bits per heavy atom. The van der Waals surface area contributed by atoms with Gasteiger partial charge >= 0.3 is 0 Å². The highest BCUT2D eigenvalue weighted by Crippen LogP contribution is 2.36. The minimum absolute atomic E-state index is 0.0148. The Morgan fingerprint density at radius 1 is 0.930 bits per heavy atom. The molecule has 0 aromatic heterocycles. The van der Waals surface area contributed by atoms with Crippen LogP contribution in [-0.4, -0.2) is 58.0 Å². The van der Waals surface area contributed by atoms with Gasteiger partial charge in [-0.3, -0.25) is 13.9 Å². The number of carbonyl (C=O) groups is 2. The first kappa shape index (κ1) is 31.9. The van der Waals surface area contributed by atoms with Gasteiger partial charge in [0.05, 0.1) is 24.8 Å². The van der Waals surface area contributed by atoms with E-state index in [-0.39, 0.29) is 34.8 Å². The van der Waals surface area contributed by atoms with Gasteiger partial charge in [-0.15, -0.1) is 0 Å². The van der Waals surface area contributed by atoms with Crippen molar-refractivity contribution in [3.05, 3.63) is 83.9 Å². The Morgan fingerprint density at radius 3 is 2.30 bits per heavy atom. The summed E-state index contributed by atoms with van der Waals surface area (Å²) in [5.74, 6) is -0.142. The van der Waals surface area contributed by atoms with Crippen LogP contribution in [0.15, 0.2) is 77.7 Å². The topological polar surface area (TPSA) is 105 Å². The van der Waals surface area contributed by atoms with Crippen molar-refractivity contribution in [3.8, 4) is 11.5 Å². The van der Waals surface area contributed by atoms with Gasteiger partial charge in [0.2, 0.25) is 11.8 Å². The zero-order valence-electron chi connectivity index (χ0n) is 25.3. The highest BCUT2D eigenvalue weighted by atomic mass is 32.2. The van der Waals surface area contributed by atoms with Crippen LogP contribution in [-0.2, 0) is 26.2 Å². The lowest BCUT2D eigenvalue weighted by Gasteiger charge is -2.33. The molecule has 1 saturated carbocycles. The average Bonchev–Trinajstić information content (AvgIpc) is 3.02. The van der Waals surface area contributed by atoms with Gasteiger partial charge in [0.15, 0.2) is 0 Å². The second kappa shape index (κ2) is 14.4. The maximum Gasteiger partial charge on any atom is 0.264 e. The molecule has 43 heavy (non-hydrogen) atoms. The van der Waals surface area contributed by atoms with E-state index in [1.807, 2.05) is 31.2 Å². The van der Waals surface area contributed by atoms with Crippen molar-refractivity contribution in [2.45, 2.75) is 69.5 Å². The Bertz CT molecular complexity index is 1510. The molecule has 1 aliphatic carbocycles. The third-order valence-corrected chi connectivity index (χ3v) is 9.59. The van der Waals surface area contributed by atoms with Gasteiger partial charge in [-0.25, -0.2) is 8.42 Å². The number of nitrogens with one attached hydrogen (secondary N) is 1. The third kappa shape index (κ3) is 7.87. The van der Waals surface area contributed by atoms with Crippen LogP contribution in [0.25, 0.3) is 0 Å². The molecule has 3 aromatic carbocycles. The third-order valence-electron chi connectivity index (χ3n) is 7.82. The molecule has 10 heteroatoms. The quantitative estimate of drug-likeness (QED) is 0.308. The van der Waals surface area contributed by atoms with Gasteiger partial charge in [0, 0.05) is 18.7 Å². The van der Waals surface area contributed by atoms with Crippen molar-refractivity contribution in [1.82, 2.24) is 10.2 Å². The van der Waals surface area contributed by atoms with E-state index < -0.39 is 28.5 Å². The molecule has 1 N–H and O–H groups in total. The van der Waals surface area contributed by atoms with Crippen LogP contribution in [0, 0.1) is 6.92 Å². The highest BCUT2D eigenvalue weighted by molar-refractivity contribution is 7.92. The minimum atomic E-state index is -4.24.